The summed E-state index contributed by atoms with van der Waals surface area (Å²) >= 11 is 0. The number of morpholine rings is 1. The molecule has 23 heavy (non-hydrogen) atoms. The van der Waals surface area contributed by atoms with Gasteiger partial charge in [0.25, 0.3) is 5.91 Å². The average molecular weight is 321 g/mol. The Labute approximate surface area is 135 Å². The van der Waals surface area contributed by atoms with Crippen molar-refractivity contribution in [1.29, 1.82) is 0 Å². The van der Waals surface area contributed by atoms with Crippen LogP contribution >= 0.6 is 0 Å². The van der Waals surface area contributed by atoms with Crippen molar-refractivity contribution < 1.29 is 19.1 Å². The summed E-state index contributed by atoms with van der Waals surface area (Å²) in [5.41, 5.74) is 0.615. The third-order valence-corrected chi connectivity index (χ3v) is 3.56. The van der Waals surface area contributed by atoms with Crippen molar-refractivity contribution >= 4 is 17.5 Å². The molecular formula is C16H23N3O4. The van der Waals surface area contributed by atoms with Gasteiger partial charge in [0, 0.05) is 32.4 Å². The zero-order valence-corrected chi connectivity index (χ0v) is 13.7. The van der Waals surface area contributed by atoms with Crippen LogP contribution in [0.15, 0.2) is 24.3 Å². The number of carbonyl (C=O) groups excluding carboxylic acids is 2. The Morgan fingerprint density at radius 2 is 2.22 bits per heavy atom. The Morgan fingerprint density at radius 1 is 1.43 bits per heavy atom. The van der Waals surface area contributed by atoms with Crippen molar-refractivity contribution in [3.05, 3.63) is 24.3 Å². The van der Waals surface area contributed by atoms with Gasteiger partial charge in [-0.25, -0.2) is 0 Å². The molecule has 1 aliphatic heterocycles. The molecule has 1 aliphatic rings. The number of amides is 2. The largest absolute Gasteiger partial charge is 0.484 e. The fourth-order valence-electron chi connectivity index (χ4n) is 2.19. The standard InChI is InChI=1S/C16H23N3O4/c1-11-15(17-7-8-22-11)16(21)18-12-5-4-6-13(9-12)23-10-14(20)19(2)3/h4-6,9,11,15,17H,7-8,10H2,1-3H3,(H,18,21)/t11-,15+/m1/s1. The van der Waals surface area contributed by atoms with Gasteiger partial charge >= 0.3 is 0 Å². The van der Waals surface area contributed by atoms with E-state index >= 15 is 0 Å². The third-order valence-electron chi connectivity index (χ3n) is 3.56. The third kappa shape index (κ3) is 4.94. The van der Waals surface area contributed by atoms with Crippen LogP contribution in [-0.2, 0) is 14.3 Å². The molecule has 1 heterocycles. The summed E-state index contributed by atoms with van der Waals surface area (Å²) in [4.78, 5) is 25.3. The smallest absolute Gasteiger partial charge is 0.259 e. The monoisotopic (exact) mass is 321 g/mol. The summed E-state index contributed by atoms with van der Waals surface area (Å²) in [6, 6.07) is 6.58. The molecule has 0 radical (unpaired) electrons. The lowest BCUT2D eigenvalue weighted by atomic mass is 10.1. The van der Waals surface area contributed by atoms with Gasteiger partial charge in [-0.1, -0.05) is 6.07 Å². The highest BCUT2D eigenvalue weighted by molar-refractivity contribution is 5.95. The Balaban J connectivity index is 1.94. The molecule has 1 fully saturated rings. The van der Waals surface area contributed by atoms with Gasteiger partial charge in [-0.15, -0.1) is 0 Å². The van der Waals surface area contributed by atoms with E-state index in [0.29, 0.717) is 24.6 Å². The van der Waals surface area contributed by atoms with E-state index in [0.717, 1.165) is 0 Å². The summed E-state index contributed by atoms with van der Waals surface area (Å²) in [5, 5.41) is 5.97. The van der Waals surface area contributed by atoms with Crippen LogP contribution in [0.25, 0.3) is 0 Å². The molecule has 0 aromatic heterocycles. The van der Waals surface area contributed by atoms with E-state index in [1.54, 1.807) is 38.4 Å². The van der Waals surface area contributed by atoms with Crippen LogP contribution in [0.5, 0.6) is 5.75 Å². The molecule has 1 aromatic carbocycles. The molecule has 2 N–H and O–H groups in total. The molecule has 7 heteroatoms. The number of hydrogen-bond acceptors (Lipinski definition) is 5. The number of rotatable bonds is 5. The predicted molar refractivity (Wildman–Crippen MR) is 86.5 cm³/mol. The first-order valence-electron chi connectivity index (χ1n) is 7.56. The molecule has 2 amide bonds. The number of hydrogen-bond donors (Lipinski definition) is 2. The van der Waals surface area contributed by atoms with Gasteiger partial charge in [0.15, 0.2) is 6.61 Å². The quantitative estimate of drug-likeness (QED) is 0.824. The van der Waals surface area contributed by atoms with Gasteiger partial charge in [0.1, 0.15) is 11.8 Å². The molecule has 2 atom stereocenters. The summed E-state index contributed by atoms with van der Waals surface area (Å²) in [6.07, 6.45) is -0.180. The molecule has 0 unspecified atom stereocenters. The second kappa shape index (κ2) is 7.94. The highest BCUT2D eigenvalue weighted by Gasteiger charge is 2.28. The van der Waals surface area contributed by atoms with E-state index in [1.807, 2.05) is 6.92 Å². The SMILES string of the molecule is C[C@H]1OCCN[C@@H]1C(=O)Nc1cccc(OCC(=O)N(C)C)c1. The first-order chi connectivity index (χ1) is 11.0. The second-order valence-corrected chi connectivity index (χ2v) is 5.60. The van der Waals surface area contributed by atoms with Gasteiger partial charge in [-0.05, 0) is 19.1 Å². The Morgan fingerprint density at radius 3 is 2.91 bits per heavy atom. The highest BCUT2D eigenvalue weighted by atomic mass is 16.5. The number of benzene rings is 1. The van der Waals surface area contributed by atoms with Crippen LogP contribution in [-0.4, -0.2) is 62.7 Å². The van der Waals surface area contributed by atoms with E-state index in [-0.39, 0.29) is 30.6 Å². The van der Waals surface area contributed by atoms with Gasteiger partial charge < -0.3 is 25.0 Å². The van der Waals surface area contributed by atoms with Crippen LogP contribution in [0.1, 0.15) is 6.92 Å². The first kappa shape index (κ1) is 17.2. The van der Waals surface area contributed by atoms with Crippen LogP contribution in [0.2, 0.25) is 0 Å². The Bertz CT molecular complexity index is 562. The van der Waals surface area contributed by atoms with Crippen LogP contribution in [0.4, 0.5) is 5.69 Å². The summed E-state index contributed by atoms with van der Waals surface area (Å²) in [6.45, 7) is 3.08. The lowest BCUT2D eigenvalue weighted by Gasteiger charge is -2.29. The normalized spacial score (nSPS) is 20.7. The number of ether oxygens (including phenoxy) is 2. The molecule has 0 saturated carbocycles. The van der Waals surface area contributed by atoms with E-state index in [4.69, 9.17) is 9.47 Å². The van der Waals surface area contributed by atoms with E-state index in [1.165, 1.54) is 4.90 Å². The fraction of sp³-hybridized carbons (Fsp3) is 0.500. The Hall–Kier alpha value is -2.12. The minimum absolute atomic E-state index is 0.0422. The lowest BCUT2D eigenvalue weighted by Crippen LogP contribution is -2.53. The molecule has 2 rings (SSSR count). The number of anilines is 1. The van der Waals surface area contributed by atoms with Crippen molar-refractivity contribution in [3.63, 3.8) is 0 Å². The average Bonchev–Trinajstić information content (AvgIpc) is 2.53. The zero-order chi connectivity index (χ0) is 16.8. The lowest BCUT2D eigenvalue weighted by molar-refractivity contribution is -0.130. The molecule has 0 aliphatic carbocycles. The van der Waals surface area contributed by atoms with E-state index in [9.17, 15) is 9.59 Å². The number of carbonyl (C=O) groups is 2. The maximum atomic E-state index is 12.3. The van der Waals surface area contributed by atoms with Crippen molar-refractivity contribution in [3.8, 4) is 5.75 Å². The summed E-state index contributed by atoms with van der Waals surface area (Å²) in [7, 11) is 3.34. The van der Waals surface area contributed by atoms with Gasteiger partial charge in [-0.3, -0.25) is 9.59 Å². The molecule has 7 nitrogen and oxygen atoms in total. The summed E-state index contributed by atoms with van der Waals surface area (Å²) in [5.74, 6) is 0.245. The molecule has 1 aromatic rings. The van der Waals surface area contributed by atoms with Crippen molar-refractivity contribution in [2.24, 2.45) is 0 Å². The van der Waals surface area contributed by atoms with Gasteiger partial charge in [-0.2, -0.15) is 0 Å². The summed E-state index contributed by atoms with van der Waals surface area (Å²) < 4.78 is 10.9. The van der Waals surface area contributed by atoms with Crippen molar-refractivity contribution in [2.75, 3.05) is 39.2 Å². The van der Waals surface area contributed by atoms with Crippen molar-refractivity contribution in [1.82, 2.24) is 10.2 Å². The zero-order valence-electron chi connectivity index (χ0n) is 13.7. The molecule has 1 saturated heterocycles. The number of nitrogens with zero attached hydrogens (tertiary/aromatic N) is 1. The minimum Gasteiger partial charge on any atom is -0.484 e. The molecular weight excluding hydrogens is 298 g/mol. The van der Waals surface area contributed by atoms with Crippen LogP contribution in [0.3, 0.4) is 0 Å². The minimum atomic E-state index is -0.386. The van der Waals surface area contributed by atoms with E-state index in [2.05, 4.69) is 10.6 Å². The van der Waals surface area contributed by atoms with Crippen LogP contribution in [0, 0.1) is 0 Å². The predicted octanol–water partition coefficient (Wildman–Crippen LogP) is 0.469. The molecule has 0 spiro atoms. The Kier molecular flexibility index (Phi) is 5.95. The topological polar surface area (TPSA) is 79.9 Å². The number of nitrogens with one attached hydrogen (secondary N) is 2. The fourth-order valence-corrected chi connectivity index (χ4v) is 2.19. The van der Waals surface area contributed by atoms with Gasteiger partial charge in [0.2, 0.25) is 5.91 Å². The van der Waals surface area contributed by atoms with Gasteiger partial charge in [0.05, 0.1) is 12.7 Å². The molecule has 126 valence electrons. The van der Waals surface area contributed by atoms with Crippen molar-refractivity contribution in [2.45, 2.75) is 19.1 Å². The number of likely N-dealkylation sites (N-methyl/N-ethyl adjacent to an activating group) is 1. The molecule has 0 bridgehead atoms. The highest BCUT2D eigenvalue weighted by Crippen LogP contribution is 2.18. The maximum absolute atomic E-state index is 12.3. The maximum Gasteiger partial charge on any atom is 0.259 e. The first-order valence-corrected chi connectivity index (χ1v) is 7.56. The van der Waals surface area contributed by atoms with Crippen LogP contribution < -0.4 is 15.4 Å². The second-order valence-electron chi connectivity index (χ2n) is 5.60. The van der Waals surface area contributed by atoms with E-state index < -0.39 is 0 Å².